The van der Waals surface area contributed by atoms with Crippen molar-refractivity contribution in [2.24, 2.45) is 5.73 Å². The molecule has 1 saturated carbocycles. The molecule has 8 aromatic heterocycles. The minimum atomic E-state index is -1.17. The van der Waals surface area contributed by atoms with E-state index in [1.54, 1.807) is 41.2 Å². The Kier molecular flexibility index (Phi) is 20.5. The molecule has 88 heavy (non-hydrogen) atoms. The van der Waals surface area contributed by atoms with Crippen molar-refractivity contribution in [1.29, 1.82) is 0 Å². The highest BCUT2D eigenvalue weighted by Crippen LogP contribution is 2.39. The zero-order valence-corrected chi connectivity index (χ0v) is 52.3. The van der Waals surface area contributed by atoms with Crippen molar-refractivity contribution in [3.63, 3.8) is 0 Å². The fourth-order valence-corrected chi connectivity index (χ4v) is 14.4. The highest BCUT2D eigenvalue weighted by Gasteiger charge is 2.30. The third kappa shape index (κ3) is 15.5. The smallest absolute Gasteiger partial charge is 0.416 e. The fourth-order valence-electron chi connectivity index (χ4n) is 9.20. The molecule has 1 aromatic carbocycles. The minimum absolute atomic E-state index is 0.000253. The van der Waals surface area contributed by atoms with Gasteiger partial charge in [0.2, 0.25) is 11.8 Å². The van der Waals surface area contributed by atoms with E-state index in [-0.39, 0.29) is 66.5 Å². The number of nitrogens with zero attached hydrogens (tertiary/aromatic N) is 9. The number of hydrogen-bond donors (Lipinski definition) is 6. The van der Waals surface area contributed by atoms with Crippen LogP contribution in [0.2, 0.25) is 0 Å². The predicted octanol–water partition coefficient (Wildman–Crippen LogP) is 9.05. The van der Waals surface area contributed by atoms with Gasteiger partial charge in [-0.15, -0.1) is 68.0 Å². The summed E-state index contributed by atoms with van der Waals surface area (Å²) in [6.07, 6.45) is 6.38. The maximum Gasteiger partial charge on any atom is 0.416 e. The number of rotatable bonds is 25. The van der Waals surface area contributed by atoms with Crippen LogP contribution in [0.1, 0.15) is 122 Å². The Morgan fingerprint density at radius 1 is 0.716 bits per heavy atom. The minimum Gasteiger partial charge on any atom is -0.477 e. The van der Waals surface area contributed by atoms with Gasteiger partial charge in [-0.1, -0.05) is 42.8 Å². The Bertz CT molecular complexity index is 4000. The number of carbonyl (C=O) groups is 7. The van der Waals surface area contributed by atoms with E-state index < -0.39 is 47.6 Å². The van der Waals surface area contributed by atoms with E-state index >= 15 is 0 Å². The first kappa shape index (κ1) is 62.4. The molecule has 7 N–H and O–H groups in total. The van der Waals surface area contributed by atoms with E-state index in [2.05, 4.69) is 48.4 Å². The van der Waals surface area contributed by atoms with Gasteiger partial charge in [0.15, 0.2) is 0 Å². The molecule has 10 rings (SSSR count). The summed E-state index contributed by atoms with van der Waals surface area (Å²) in [6, 6.07) is 15.8. The van der Waals surface area contributed by atoms with Crippen LogP contribution in [0.15, 0.2) is 82.3 Å². The third-order valence-electron chi connectivity index (χ3n) is 13.6. The number of methoxy groups -OCH3 is 1. The lowest BCUT2D eigenvalue weighted by Crippen LogP contribution is -2.35. The van der Waals surface area contributed by atoms with E-state index in [0.29, 0.717) is 63.8 Å². The van der Waals surface area contributed by atoms with E-state index in [1.165, 1.54) is 70.9 Å². The lowest BCUT2D eigenvalue weighted by atomic mass is 9.98. The predicted molar refractivity (Wildman–Crippen MR) is 335 cm³/mol. The van der Waals surface area contributed by atoms with Gasteiger partial charge >= 0.3 is 12.1 Å². The number of aryl methyl sites for hydroxylation is 3. The molecule has 0 bridgehead atoms. The standard InChI is InChI=1S/C58H56N14O10S6/c1-30-47(51(76)63-23-46-70-49(41(88-46)25-81-3)52(77)62-22-42(59)73)71-56(87-30)37(20-44(74)60-2)66-50(75)39-27-84-53(68-39)34-16-18-35(65-48(34)38-26-85-55(67-38)40-28-83-45(64-40)19-15-31-10-6-4-7-11-31)54-69-43(29-86-54)72(58(80)82-33-12-8-5-9-13-33)24-32-14-17-36(57(78)79)61-21-32/h4,6-7,10-11,14,16-18,21,26-29,33,37H,5,8-9,12-13,15,19-20,22-25H2,1-3H3,(H2,59,73)(H,60,74)(H,62,77)(H,63,76)(H,66,75)(H,78,79)/t37-/m0/s1. The van der Waals surface area contributed by atoms with Crippen molar-refractivity contribution in [3.05, 3.63) is 141 Å². The molecule has 0 radical (unpaired) electrons. The lowest BCUT2D eigenvalue weighted by Gasteiger charge is -2.26. The number of carboxylic acids is 1. The monoisotopic (exact) mass is 1300 g/mol. The van der Waals surface area contributed by atoms with Gasteiger partial charge in [-0.05, 0) is 68.4 Å². The normalized spacial score (nSPS) is 12.7. The average Bonchev–Trinajstić information content (AvgIpc) is 2.47. The van der Waals surface area contributed by atoms with Gasteiger partial charge in [-0.3, -0.25) is 28.9 Å². The zero-order chi connectivity index (χ0) is 61.8. The second kappa shape index (κ2) is 28.9. The number of nitrogens with one attached hydrogen (secondary N) is 4. The Morgan fingerprint density at radius 3 is 2.23 bits per heavy atom. The number of pyridine rings is 2. The van der Waals surface area contributed by atoms with Gasteiger partial charge in [-0.25, -0.2) is 49.5 Å². The second-order valence-corrected chi connectivity index (χ2v) is 25.8. The first-order chi connectivity index (χ1) is 42.6. The van der Waals surface area contributed by atoms with E-state index in [9.17, 15) is 38.7 Å². The summed E-state index contributed by atoms with van der Waals surface area (Å²) >= 11 is 7.69. The van der Waals surface area contributed by atoms with Gasteiger partial charge in [0.25, 0.3) is 17.7 Å². The molecule has 24 nitrogen and oxygen atoms in total. The molecule has 0 unspecified atom stereocenters. The molecule has 0 saturated heterocycles. The van der Waals surface area contributed by atoms with Crippen LogP contribution in [-0.4, -0.2) is 113 Å². The number of benzene rings is 1. The highest BCUT2D eigenvalue weighted by molar-refractivity contribution is 7.15. The zero-order valence-electron chi connectivity index (χ0n) is 47.4. The van der Waals surface area contributed by atoms with Crippen molar-refractivity contribution in [2.75, 3.05) is 25.6 Å². The lowest BCUT2D eigenvalue weighted by molar-refractivity contribution is -0.121. The fraction of sp³-hybridized carbons (Fsp3) is 0.293. The van der Waals surface area contributed by atoms with Gasteiger partial charge in [0.05, 0.1) is 54.3 Å². The maximum absolute atomic E-state index is 14.3. The number of aromatic carboxylic acids is 1. The molecule has 1 aliphatic rings. The number of amides is 6. The van der Waals surface area contributed by atoms with Crippen LogP contribution in [0, 0.1) is 6.92 Å². The molecule has 9 aromatic rings. The first-order valence-corrected chi connectivity index (χ1v) is 32.6. The molecule has 30 heteroatoms. The quantitative estimate of drug-likeness (QED) is 0.0311. The summed E-state index contributed by atoms with van der Waals surface area (Å²) < 4.78 is 11.3. The SMILES string of the molecule is CNC(=O)C[C@H](NC(=O)c1csc(-c2ccc(-c3nc(N(Cc4ccc(C(=O)O)nc4)C(=O)OC4CCCCC4)cs3)nc2-c2csc(-c3csc(CCc4ccccc4)n3)n2)n1)c1nc(C(=O)NCc2nc(C(=O)NCC(N)=O)c(COC)s2)c(C)s1. The van der Waals surface area contributed by atoms with Gasteiger partial charge < -0.3 is 41.6 Å². The van der Waals surface area contributed by atoms with Crippen LogP contribution >= 0.6 is 68.0 Å². The van der Waals surface area contributed by atoms with Gasteiger partial charge in [-0.2, -0.15) is 0 Å². The molecular formula is C58H56N14O10S6. The van der Waals surface area contributed by atoms with Crippen molar-refractivity contribution in [1.82, 2.24) is 61.1 Å². The van der Waals surface area contributed by atoms with Crippen molar-refractivity contribution < 1.29 is 48.1 Å². The summed E-state index contributed by atoms with van der Waals surface area (Å²) in [7, 11) is 2.92. The van der Waals surface area contributed by atoms with Crippen LogP contribution in [0.25, 0.3) is 43.4 Å². The van der Waals surface area contributed by atoms with E-state index in [1.807, 2.05) is 35.0 Å². The second-order valence-electron chi connectivity index (χ2n) is 19.9. The molecule has 6 amide bonds. The summed E-state index contributed by atoms with van der Waals surface area (Å²) in [5, 5.41) is 30.6. The summed E-state index contributed by atoms with van der Waals surface area (Å²) in [5.74, 6) is -3.83. The highest BCUT2D eigenvalue weighted by atomic mass is 32.1. The number of aromatic nitrogens is 8. The molecule has 0 spiro atoms. The Hall–Kier alpha value is -8.65. The first-order valence-electron chi connectivity index (χ1n) is 27.4. The van der Waals surface area contributed by atoms with Crippen LogP contribution in [0.4, 0.5) is 10.6 Å². The third-order valence-corrected chi connectivity index (χ3v) is 19.2. The summed E-state index contributed by atoms with van der Waals surface area (Å²) in [6.45, 7) is 1.27. The number of hydrogen-bond acceptors (Lipinski definition) is 23. The van der Waals surface area contributed by atoms with Crippen molar-refractivity contribution in [2.45, 2.75) is 90.1 Å². The number of carbonyl (C=O) groups excluding carboxylic acids is 6. The van der Waals surface area contributed by atoms with Crippen LogP contribution in [0.3, 0.4) is 0 Å². The number of carboxylic acid groups (broad SMARTS) is 1. The Morgan fingerprint density at radius 2 is 1.48 bits per heavy atom. The molecule has 1 fully saturated rings. The van der Waals surface area contributed by atoms with Crippen molar-refractivity contribution in [3.8, 4) is 43.4 Å². The van der Waals surface area contributed by atoms with Crippen LogP contribution in [0.5, 0.6) is 0 Å². The molecule has 454 valence electrons. The van der Waals surface area contributed by atoms with Crippen LogP contribution in [-0.2, 0) is 51.6 Å². The van der Waals surface area contributed by atoms with Gasteiger partial charge in [0, 0.05) is 58.7 Å². The maximum atomic E-state index is 14.3. The number of anilines is 1. The van der Waals surface area contributed by atoms with Crippen LogP contribution < -0.4 is 31.9 Å². The summed E-state index contributed by atoms with van der Waals surface area (Å²) in [5.41, 5.74) is 9.59. The van der Waals surface area contributed by atoms with E-state index in [0.717, 1.165) is 78.3 Å². The number of primary amides is 1. The molecule has 1 aliphatic carbocycles. The average molecular weight is 1300 g/mol. The van der Waals surface area contributed by atoms with E-state index in [4.69, 9.17) is 40.1 Å². The van der Waals surface area contributed by atoms with Crippen molar-refractivity contribution >= 4 is 115 Å². The number of nitrogens with two attached hydrogens (primary N) is 1. The largest absolute Gasteiger partial charge is 0.477 e. The molecule has 8 heterocycles. The molecule has 1 atom stereocenters. The molecular weight excluding hydrogens is 1250 g/mol. The molecule has 0 aliphatic heterocycles. The summed E-state index contributed by atoms with van der Waals surface area (Å²) in [4.78, 5) is 131. The Balaban J connectivity index is 0.917. The number of thiazole rings is 6. The number of ether oxygens (including phenoxy) is 2. The Labute approximate surface area is 527 Å². The van der Waals surface area contributed by atoms with Gasteiger partial charge in [0.1, 0.15) is 76.8 Å². The topological polar surface area (TPSA) is 339 Å².